The van der Waals surface area contributed by atoms with Gasteiger partial charge >= 0.3 is 0 Å². The molecule has 0 aliphatic carbocycles. The van der Waals surface area contributed by atoms with Crippen molar-refractivity contribution in [1.82, 2.24) is 9.97 Å². The third kappa shape index (κ3) is 8.72. The lowest BCUT2D eigenvalue weighted by Gasteiger charge is -2.31. The number of piperidine rings is 2. The normalized spacial score (nSPS) is 15.2. The second kappa shape index (κ2) is 16.2. The Morgan fingerprint density at radius 3 is 2.27 bits per heavy atom. The van der Waals surface area contributed by atoms with Crippen LogP contribution >= 0.6 is 11.6 Å². The zero-order chi connectivity index (χ0) is 31.4. The van der Waals surface area contributed by atoms with E-state index in [4.69, 9.17) is 40.5 Å². The van der Waals surface area contributed by atoms with E-state index in [-0.39, 0.29) is 6.61 Å². The lowest BCUT2D eigenvalue weighted by Crippen LogP contribution is -2.33. The molecule has 2 fully saturated rings. The number of allylic oxidation sites excluding steroid dienone is 1. The molecule has 1 N–H and O–H groups in total. The number of hydrogen-bond acceptors (Lipinski definition) is 10. The zero-order valence-electron chi connectivity index (χ0n) is 26.3. The Morgan fingerprint density at radius 1 is 0.844 bits per heavy atom. The molecule has 0 radical (unpaired) electrons. The van der Waals surface area contributed by atoms with E-state index in [0.29, 0.717) is 40.4 Å². The van der Waals surface area contributed by atoms with E-state index in [2.05, 4.69) is 26.9 Å². The number of hydrazone groups is 1. The number of ether oxygens (including phenoxy) is 4. The van der Waals surface area contributed by atoms with Crippen LogP contribution in [0.15, 0.2) is 54.2 Å². The Bertz CT molecular complexity index is 1420. The van der Waals surface area contributed by atoms with Crippen LogP contribution in [-0.4, -0.2) is 69.8 Å². The van der Waals surface area contributed by atoms with Gasteiger partial charge in [0.1, 0.15) is 19.0 Å². The van der Waals surface area contributed by atoms with Gasteiger partial charge in [-0.15, -0.1) is 6.58 Å². The van der Waals surface area contributed by atoms with Gasteiger partial charge in [0.2, 0.25) is 5.95 Å². The maximum absolute atomic E-state index is 6.63. The number of rotatable bonds is 14. The molecule has 10 nitrogen and oxygen atoms in total. The highest BCUT2D eigenvalue weighted by Gasteiger charge is 2.19. The van der Waals surface area contributed by atoms with E-state index < -0.39 is 0 Å². The molecule has 5 rings (SSSR count). The van der Waals surface area contributed by atoms with Crippen molar-refractivity contribution in [2.45, 2.75) is 44.9 Å². The second-order valence-electron chi connectivity index (χ2n) is 11.1. The van der Waals surface area contributed by atoms with E-state index in [0.717, 1.165) is 68.3 Å². The lowest BCUT2D eigenvalue weighted by atomic mass is 10.1. The van der Waals surface area contributed by atoms with Crippen LogP contribution in [-0.2, 0) is 6.42 Å². The second-order valence-corrected chi connectivity index (χ2v) is 11.5. The minimum atomic E-state index is 0.259. The van der Waals surface area contributed by atoms with Crippen LogP contribution in [0.5, 0.6) is 23.0 Å². The van der Waals surface area contributed by atoms with E-state index in [1.165, 1.54) is 25.7 Å². The van der Waals surface area contributed by atoms with Gasteiger partial charge in [0.25, 0.3) is 0 Å². The maximum atomic E-state index is 6.63. The van der Waals surface area contributed by atoms with Gasteiger partial charge < -0.3 is 28.7 Å². The fourth-order valence-electron chi connectivity index (χ4n) is 5.55. The first-order chi connectivity index (χ1) is 22.1. The van der Waals surface area contributed by atoms with Gasteiger partial charge in [-0.3, -0.25) is 5.43 Å². The molecule has 11 heteroatoms. The van der Waals surface area contributed by atoms with E-state index in [9.17, 15) is 0 Å². The van der Waals surface area contributed by atoms with Gasteiger partial charge in [-0.1, -0.05) is 23.7 Å². The molecule has 0 bridgehead atoms. The predicted molar refractivity (Wildman–Crippen MR) is 181 cm³/mol. The molecule has 2 aromatic carbocycles. The summed E-state index contributed by atoms with van der Waals surface area (Å²) in [5.41, 5.74) is 4.97. The summed E-state index contributed by atoms with van der Waals surface area (Å²) in [4.78, 5) is 14.4. The molecule has 0 amide bonds. The fourth-order valence-corrected chi connectivity index (χ4v) is 5.82. The highest BCUT2D eigenvalue weighted by molar-refractivity contribution is 6.32. The van der Waals surface area contributed by atoms with Gasteiger partial charge in [0, 0.05) is 32.2 Å². The summed E-state index contributed by atoms with van der Waals surface area (Å²) in [6.07, 6.45) is 11.5. The molecule has 2 saturated heterocycles. The Labute approximate surface area is 271 Å². The largest absolute Gasteiger partial charge is 0.493 e. The first-order valence-electron chi connectivity index (χ1n) is 15.7. The smallest absolute Gasteiger partial charge is 0.229 e. The fraction of sp³-hybridized carbons (Fsp3) is 0.441. The molecule has 240 valence electrons. The molecular weight excluding hydrogens is 592 g/mol. The summed E-state index contributed by atoms with van der Waals surface area (Å²) in [5, 5.41) is 4.89. The van der Waals surface area contributed by atoms with Crippen LogP contribution in [0.1, 0.15) is 49.7 Å². The number of nitrogens with zero attached hydrogens (tertiary/aromatic N) is 5. The van der Waals surface area contributed by atoms with Crippen LogP contribution in [0, 0.1) is 0 Å². The predicted octanol–water partition coefficient (Wildman–Crippen LogP) is 6.76. The molecule has 0 saturated carbocycles. The van der Waals surface area contributed by atoms with Gasteiger partial charge in [0.05, 0.1) is 25.5 Å². The summed E-state index contributed by atoms with van der Waals surface area (Å²) in [7, 11) is 3.20. The highest BCUT2D eigenvalue weighted by Crippen LogP contribution is 2.36. The number of halogens is 1. The first-order valence-corrected chi connectivity index (χ1v) is 16.0. The van der Waals surface area contributed by atoms with E-state index in [1.807, 2.05) is 36.4 Å². The van der Waals surface area contributed by atoms with Crippen LogP contribution in [0.4, 0.5) is 17.6 Å². The van der Waals surface area contributed by atoms with Crippen molar-refractivity contribution in [2.24, 2.45) is 5.10 Å². The SMILES string of the molecule is C=CCc1ccc(OCCOc2c(Cl)cc(/C=N/Nc3cc(N4CCCCC4)nc(N4CCCCC4)n3)cc2OC)c(OC)c1. The number of benzene rings is 2. The number of anilines is 3. The Morgan fingerprint density at radius 2 is 1.56 bits per heavy atom. The number of nitrogens with one attached hydrogen (secondary N) is 1. The molecule has 0 atom stereocenters. The topological polar surface area (TPSA) is 93.6 Å². The van der Waals surface area contributed by atoms with Crippen molar-refractivity contribution in [2.75, 3.05) is 68.8 Å². The molecule has 45 heavy (non-hydrogen) atoms. The summed E-state index contributed by atoms with van der Waals surface area (Å²) >= 11 is 6.63. The zero-order valence-corrected chi connectivity index (χ0v) is 27.0. The minimum absolute atomic E-state index is 0.259. The molecule has 0 unspecified atom stereocenters. The van der Waals surface area contributed by atoms with Crippen molar-refractivity contribution in [3.05, 3.63) is 65.2 Å². The summed E-state index contributed by atoms with van der Waals surface area (Å²) < 4.78 is 22.9. The lowest BCUT2D eigenvalue weighted by molar-refractivity contribution is 0.206. The standard InChI is InChI=1S/C34H43ClN6O4/c1-4-11-25-12-13-28(29(21-25)42-2)44-18-19-45-33-27(35)20-26(22-30(33)43-3)24-36-39-31-23-32(40-14-7-5-8-15-40)38-34(37-31)41-16-9-6-10-17-41/h4,12-13,20-24H,1,5-11,14-19H2,2-3H3,(H,37,38,39)/b36-24+. The van der Waals surface area contributed by atoms with Crippen LogP contribution in [0.3, 0.4) is 0 Å². The summed E-state index contributed by atoms with van der Waals surface area (Å²) in [5.74, 6) is 4.60. The van der Waals surface area contributed by atoms with Gasteiger partial charge in [0.15, 0.2) is 28.8 Å². The third-order valence-corrected chi connectivity index (χ3v) is 8.14. The highest BCUT2D eigenvalue weighted by atomic mass is 35.5. The molecular formula is C34H43ClN6O4. The van der Waals surface area contributed by atoms with Crippen molar-refractivity contribution in [1.29, 1.82) is 0 Å². The molecule has 1 aromatic heterocycles. The quantitative estimate of drug-likeness (QED) is 0.0893. The molecule has 3 aromatic rings. The van der Waals surface area contributed by atoms with Gasteiger partial charge in [-0.25, -0.2) is 0 Å². The van der Waals surface area contributed by atoms with Crippen molar-refractivity contribution >= 4 is 35.4 Å². The van der Waals surface area contributed by atoms with Gasteiger partial charge in [-0.05, 0) is 80.3 Å². The summed E-state index contributed by atoms with van der Waals surface area (Å²) in [6.45, 7) is 8.30. The van der Waals surface area contributed by atoms with E-state index in [1.54, 1.807) is 26.5 Å². The Kier molecular flexibility index (Phi) is 11.6. The van der Waals surface area contributed by atoms with Crippen LogP contribution in [0.2, 0.25) is 5.02 Å². The number of hydrogen-bond donors (Lipinski definition) is 1. The maximum Gasteiger partial charge on any atom is 0.229 e. The van der Waals surface area contributed by atoms with Crippen molar-refractivity contribution in [3.63, 3.8) is 0 Å². The number of methoxy groups -OCH3 is 2. The molecule has 2 aliphatic rings. The van der Waals surface area contributed by atoms with Crippen LogP contribution < -0.4 is 34.2 Å². The number of aromatic nitrogens is 2. The monoisotopic (exact) mass is 634 g/mol. The first kappa shape index (κ1) is 32.2. The molecule has 3 heterocycles. The average Bonchev–Trinajstić information content (AvgIpc) is 3.08. The van der Waals surface area contributed by atoms with Crippen molar-refractivity contribution < 1.29 is 18.9 Å². The summed E-state index contributed by atoms with van der Waals surface area (Å²) in [6, 6.07) is 11.4. The van der Waals surface area contributed by atoms with Crippen LogP contribution in [0.25, 0.3) is 0 Å². The Hall–Kier alpha value is -4.18. The third-order valence-electron chi connectivity index (χ3n) is 7.86. The van der Waals surface area contributed by atoms with Crippen molar-refractivity contribution in [3.8, 4) is 23.0 Å². The minimum Gasteiger partial charge on any atom is -0.493 e. The molecule has 0 spiro atoms. The van der Waals surface area contributed by atoms with Gasteiger partial charge in [-0.2, -0.15) is 15.1 Å². The Balaban J connectivity index is 1.23. The molecule has 2 aliphatic heterocycles. The van der Waals surface area contributed by atoms with E-state index >= 15 is 0 Å². The average molecular weight is 635 g/mol.